The molecule has 2 heterocycles. The number of hydrogen-bond donors (Lipinski definition) is 1. The van der Waals surface area contributed by atoms with Gasteiger partial charge in [-0.15, -0.1) is 22.7 Å². The SMILES string of the molecule is COc1ccc(CCNC(=O)Cc2sc(C)nc2-c2cccs2)cc1. The number of carbonyl (C=O) groups is 1. The topological polar surface area (TPSA) is 51.2 Å². The molecule has 1 aromatic carbocycles. The summed E-state index contributed by atoms with van der Waals surface area (Å²) in [5.74, 6) is 0.879. The molecule has 0 fully saturated rings. The van der Waals surface area contributed by atoms with Crippen molar-refractivity contribution in [2.45, 2.75) is 19.8 Å². The molecule has 3 rings (SSSR count). The molecular weight excluding hydrogens is 352 g/mol. The highest BCUT2D eigenvalue weighted by Gasteiger charge is 2.15. The predicted octanol–water partition coefficient (Wildman–Crippen LogP) is 4.09. The fourth-order valence-corrected chi connectivity index (χ4v) is 4.30. The van der Waals surface area contributed by atoms with Crippen LogP contribution in [0.2, 0.25) is 0 Å². The van der Waals surface area contributed by atoms with Crippen molar-refractivity contribution in [1.82, 2.24) is 10.3 Å². The van der Waals surface area contributed by atoms with E-state index in [1.54, 1.807) is 29.8 Å². The van der Waals surface area contributed by atoms with Crippen molar-refractivity contribution in [2.75, 3.05) is 13.7 Å². The van der Waals surface area contributed by atoms with Crippen LogP contribution in [0.5, 0.6) is 5.75 Å². The first-order valence-corrected chi connectivity index (χ1v) is 9.75. The largest absolute Gasteiger partial charge is 0.497 e. The number of amides is 1. The van der Waals surface area contributed by atoms with Crippen molar-refractivity contribution < 1.29 is 9.53 Å². The Kier molecular flexibility index (Phi) is 5.83. The number of aryl methyl sites for hydroxylation is 1. The lowest BCUT2D eigenvalue weighted by molar-refractivity contribution is -0.120. The maximum atomic E-state index is 12.3. The molecule has 0 saturated heterocycles. The zero-order valence-electron chi connectivity index (χ0n) is 14.2. The van der Waals surface area contributed by atoms with Crippen LogP contribution in [0.1, 0.15) is 15.4 Å². The first-order valence-electron chi connectivity index (χ1n) is 8.05. The van der Waals surface area contributed by atoms with Crippen LogP contribution in [0.3, 0.4) is 0 Å². The van der Waals surface area contributed by atoms with Crippen LogP contribution in [0.4, 0.5) is 0 Å². The van der Waals surface area contributed by atoms with Crippen molar-refractivity contribution in [3.63, 3.8) is 0 Å². The Hall–Kier alpha value is -2.18. The number of carbonyl (C=O) groups excluding carboxylic acids is 1. The molecule has 0 atom stereocenters. The van der Waals surface area contributed by atoms with Gasteiger partial charge in [-0.05, 0) is 42.5 Å². The van der Waals surface area contributed by atoms with E-state index in [4.69, 9.17) is 4.74 Å². The van der Waals surface area contributed by atoms with Crippen molar-refractivity contribution in [2.24, 2.45) is 0 Å². The number of thiophene rings is 1. The Morgan fingerprint density at radius 3 is 2.72 bits per heavy atom. The summed E-state index contributed by atoms with van der Waals surface area (Å²) < 4.78 is 5.15. The van der Waals surface area contributed by atoms with Gasteiger partial charge in [0.15, 0.2) is 0 Å². The number of nitrogens with zero attached hydrogens (tertiary/aromatic N) is 1. The zero-order chi connectivity index (χ0) is 17.6. The highest BCUT2D eigenvalue weighted by atomic mass is 32.1. The Bertz CT molecular complexity index is 824. The summed E-state index contributed by atoms with van der Waals surface area (Å²) in [6, 6.07) is 12.0. The molecule has 0 aliphatic carbocycles. The molecule has 1 N–H and O–H groups in total. The molecule has 0 aliphatic heterocycles. The van der Waals surface area contributed by atoms with Gasteiger partial charge in [0.2, 0.25) is 5.91 Å². The first kappa shape index (κ1) is 17.6. The molecule has 0 aliphatic rings. The van der Waals surface area contributed by atoms with E-state index >= 15 is 0 Å². The fraction of sp³-hybridized carbons (Fsp3) is 0.263. The minimum absolute atomic E-state index is 0.0370. The normalized spacial score (nSPS) is 10.6. The minimum atomic E-state index is 0.0370. The standard InChI is InChI=1S/C19H20N2O2S2/c1-13-21-19(16-4-3-11-24-16)17(25-13)12-18(22)20-10-9-14-5-7-15(23-2)8-6-14/h3-8,11H,9-10,12H2,1-2H3,(H,20,22). The molecule has 0 spiro atoms. The maximum Gasteiger partial charge on any atom is 0.225 e. The van der Waals surface area contributed by atoms with Gasteiger partial charge in [0.05, 0.1) is 29.1 Å². The predicted molar refractivity (Wildman–Crippen MR) is 104 cm³/mol. The number of nitrogens with one attached hydrogen (secondary N) is 1. The summed E-state index contributed by atoms with van der Waals surface area (Å²) in [6.45, 7) is 2.60. The third-order valence-corrected chi connectivity index (χ3v) is 5.62. The third kappa shape index (κ3) is 4.67. The molecule has 6 heteroatoms. The van der Waals surface area contributed by atoms with Crippen molar-refractivity contribution in [3.05, 3.63) is 57.2 Å². The monoisotopic (exact) mass is 372 g/mol. The molecule has 0 radical (unpaired) electrons. The molecule has 130 valence electrons. The lowest BCUT2D eigenvalue weighted by atomic mass is 10.1. The highest BCUT2D eigenvalue weighted by Crippen LogP contribution is 2.31. The van der Waals surface area contributed by atoms with E-state index in [2.05, 4.69) is 10.3 Å². The molecule has 4 nitrogen and oxygen atoms in total. The second kappa shape index (κ2) is 8.27. The summed E-state index contributed by atoms with van der Waals surface area (Å²) in [5, 5.41) is 6.02. The lowest BCUT2D eigenvalue weighted by Crippen LogP contribution is -2.27. The number of hydrogen-bond acceptors (Lipinski definition) is 5. The fourth-order valence-electron chi connectivity index (χ4n) is 2.54. The molecule has 3 aromatic rings. The van der Waals surface area contributed by atoms with Gasteiger partial charge in [-0.25, -0.2) is 4.98 Å². The number of methoxy groups -OCH3 is 1. The van der Waals surface area contributed by atoms with Gasteiger partial charge < -0.3 is 10.1 Å². The molecule has 0 saturated carbocycles. The molecule has 0 unspecified atom stereocenters. The Labute approximate surface area is 155 Å². The van der Waals surface area contributed by atoms with Crippen molar-refractivity contribution in [3.8, 4) is 16.3 Å². The van der Waals surface area contributed by atoms with E-state index in [1.165, 1.54) is 5.56 Å². The van der Waals surface area contributed by atoms with Crippen LogP contribution in [0.15, 0.2) is 41.8 Å². The van der Waals surface area contributed by atoms with E-state index in [1.807, 2.05) is 48.7 Å². The average Bonchev–Trinajstić information content (AvgIpc) is 3.25. The summed E-state index contributed by atoms with van der Waals surface area (Å²) in [4.78, 5) is 19.0. The van der Waals surface area contributed by atoms with E-state index in [0.717, 1.165) is 32.6 Å². The Balaban J connectivity index is 1.54. The first-order chi connectivity index (χ1) is 12.2. The zero-order valence-corrected chi connectivity index (χ0v) is 15.9. The Morgan fingerprint density at radius 1 is 1.24 bits per heavy atom. The number of ether oxygens (including phenoxy) is 1. The highest BCUT2D eigenvalue weighted by molar-refractivity contribution is 7.15. The van der Waals surface area contributed by atoms with Crippen LogP contribution < -0.4 is 10.1 Å². The molecule has 0 bridgehead atoms. The van der Waals surface area contributed by atoms with Gasteiger partial charge in [0.1, 0.15) is 5.75 Å². The van der Waals surface area contributed by atoms with Gasteiger partial charge in [-0.1, -0.05) is 18.2 Å². The summed E-state index contributed by atoms with van der Waals surface area (Å²) in [6.07, 6.45) is 1.18. The number of thiazole rings is 1. The van der Waals surface area contributed by atoms with Gasteiger partial charge in [-0.2, -0.15) is 0 Å². The summed E-state index contributed by atoms with van der Waals surface area (Å²) >= 11 is 3.25. The quantitative estimate of drug-likeness (QED) is 0.680. The molecule has 2 aromatic heterocycles. The maximum absolute atomic E-state index is 12.3. The second-order valence-electron chi connectivity index (χ2n) is 5.61. The number of benzene rings is 1. The van der Waals surface area contributed by atoms with E-state index < -0.39 is 0 Å². The summed E-state index contributed by atoms with van der Waals surface area (Å²) in [7, 11) is 1.65. The van der Waals surface area contributed by atoms with E-state index in [9.17, 15) is 4.79 Å². The molecular formula is C19H20N2O2S2. The number of rotatable bonds is 7. The van der Waals surface area contributed by atoms with Gasteiger partial charge >= 0.3 is 0 Å². The van der Waals surface area contributed by atoms with E-state index in [0.29, 0.717) is 13.0 Å². The van der Waals surface area contributed by atoms with Crippen LogP contribution in [-0.2, 0) is 17.6 Å². The molecule has 25 heavy (non-hydrogen) atoms. The van der Waals surface area contributed by atoms with Gasteiger partial charge in [0, 0.05) is 11.4 Å². The third-order valence-electron chi connectivity index (χ3n) is 3.77. The molecule has 1 amide bonds. The summed E-state index contributed by atoms with van der Waals surface area (Å²) in [5.41, 5.74) is 2.12. The van der Waals surface area contributed by atoms with Crippen LogP contribution in [0, 0.1) is 6.92 Å². The second-order valence-corrected chi connectivity index (χ2v) is 7.84. The van der Waals surface area contributed by atoms with Gasteiger partial charge in [0.25, 0.3) is 0 Å². The van der Waals surface area contributed by atoms with E-state index in [-0.39, 0.29) is 5.91 Å². The minimum Gasteiger partial charge on any atom is -0.497 e. The van der Waals surface area contributed by atoms with Crippen LogP contribution >= 0.6 is 22.7 Å². The number of aromatic nitrogens is 1. The van der Waals surface area contributed by atoms with Crippen LogP contribution in [0.25, 0.3) is 10.6 Å². The van der Waals surface area contributed by atoms with Gasteiger partial charge in [-0.3, -0.25) is 4.79 Å². The average molecular weight is 373 g/mol. The Morgan fingerprint density at radius 2 is 2.04 bits per heavy atom. The van der Waals surface area contributed by atoms with Crippen LogP contribution in [-0.4, -0.2) is 24.5 Å². The van der Waals surface area contributed by atoms with Crippen molar-refractivity contribution >= 4 is 28.6 Å². The van der Waals surface area contributed by atoms with Crippen molar-refractivity contribution in [1.29, 1.82) is 0 Å². The smallest absolute Gasteiger partial charge is 0.225 e. The lowest BCUT2D eigenvalue weighted by Gasteiger charge is -2.06.